The third kappa shape index (κ3) is 6.70. The Morgan fingerprint density at radius 3 is 2.11 bits per heavy atom. The average Bonchev–Trinajstić information content (AvgIpc) is 2.91. The molecule has 1 atom stereocenters. The van der Waals surface area contributed by atoms with Crippen molar-refractivity contribution in [1.82, 2.24) is 10.2 Å². The van der Waals surface area contributed by atoms with Gasteiger partial charge in [-0.2, -0.15) is 0 Å². The number of carbonyl (C=O) groups excluding carboxylic acids is 2. The van der Waals surface area contributed by atoms with E-state index in [0.717, 1.165) is 9.87 Å². The van der Waals surface area contributed by atoms with Gasteiger partial charge in [-0.1, -0.05) is 73.1 Å². The quantitative estimate of drug-likeness (QED) is 0.383. The Hall–Kier alpha value is -3.36. The normalized spacial score (nSPS) is 12.0. The average molecular weight is 542 g/mol. The number of hydrogen-bond acceptors (Lipinski definition) is 4. The second-order valence-corrected chi connectivity index (χ2v) is 10.8. The van der Waals surface area contributed by atoms with E-state index < -0.39 is 28.5 Å². The van der Waals surface area contributed by atoms with Crippen LogP contribution >= 0.6 is 11.6 Å². The summed E-state index contributed by atoms with van der Waals surface area (Å²) in [4.78, 5) is 28.1. The lowest BCUT2D eigenvalue weighted by molar-refractivity contribution is -0.139. The number of sulfonamides is 1. The molecule has 0 fully saturated rings. The smallest absolute Gasteiger partial charge is 0.264 e. The highest BCUT2D eigenvalue weighted by Gasteiger charge is 2.33. The first-order chi connectivity index (χ1) is 17.7. The molecule has 0 saturated carbocycles. The SMILES string of the molecule is CCNC(=O)C(C)N(Cc1ccccc1Cl)C(=O)CN(c1ccccc1CC)S(=O)(=O)c1ccccc1. The van der Waals surface area contributed by atoms with Crippen LogP contribution in [0.15, 0.2) is 83.8 Å². The van der Waals surface area contributed by atoms with E-state index >= 15 is 0 Å². The summed E-state index contributed by atoms with van der Waals surface area (Å²) in [6, 6.07) is 21.3. The van der Waals surface area contributed by atoms with Crippen LogP contribution in [0.25, 0.3) is 0 Å². The van der Waals surface area contributed by atoms with Crippen LogP contribution in [0.1, 0.15) is 31.9 Å². The van der Waals surface area contributed by atoms with Gasteiger partial charge in [0.05, 0.1) is 10.6 Å². The minimum atomic E-state index is -4.09. The summed E-state index contributed by atoms with van der Waals surface area (Å²) >= 11 is 6.37. The summed E-state index contributed by atoms with van der Waals surface area (Å²) in [7, 11) is -4.09. The van der Waals surface area contributed by atoms with Crippen LogP contribution in [-0.2, 0) is 32.6 Å². The third-order valence-electron chi connectivity index (χ3n) is 6.07. The van der Waals surface area contributed by atoms with Gasteiger partial charge in [0, 0.05) is 18.1 Å². The van der Waals surface area contributed by atoms with Gasteiger partial charge in [-0.3, -0.25) is 13.9 Å². The minimum absolute atomic E-state index is 0.0471. The largest absolute Gasteiger partial charge is 0.355 e. The molecule has 0 spiro atoms. The molecule has 0 aliphatic carbocycles. The Balaban J connectivity index is 2.07. The van der Waals surface area contributed by atoms with Crippen LogP contribution < -0.4 is 9.62 Å². The molecule has 3 aromatic rings. The van der Waals surface area contributed by atoms with Gasteiger partial charge in [-0.15, -0.1) is 0 Å². The van der Waals surface area contributed by atoms with E-state index in [-0.39, 0.29) is 17.3 Å². The molecule has 0 bridgehead atoms. The number of anilines is 1. The fraction of sp³-hybridized carbons (Fsp3) is 0.286. The number of nitrogens with one attached hydrogen (secondary N) is 1. The lowest BCUT2D eigenvalue weighted by Crippen LogP contribution is -2.51. The number of carbonyl (C=O) groups is 2. The zero-order chi connectivity index (χ0) is 27.0. The predicted molar refractivity (Wildman–Crippen MR) is 147 cm³/mol. The topological polar surface area (TPSA) is 86.8 Å². The summed E-state index contributed by atoms with van der Waals surface area (Å²) in [5.74, 6) is -0.863. The van der Waals surface area contributed by atoms with E-state index in [1.165, 1.54) is 17.0 Å². The molecule has 37 heavy (non-hydrogen) atoms. The Kier molecular flexibility index (Phi) is 9.72. The van der Waals surface area contributed by atoms with Crippen LogP contribution in [0, 0.1) is 0 Å². The monoisotopic (exact) mass is 541 g/mol. The molecule has 0 saturated heterocycles. The molecule has 3 rings (SSSR count). The van der Waals surface area contributed by atoms with Crippen LogP contribution in [0.4, 0.5) is 5.69 Å². The van der Waals surface area contributed by atoms with Crippen molar-refractivity contribution >= 4 is 39.1 Å². The Morgan fingerprint density at radius 2 is 1.49 bits per heavy atom. The number of amides is 2. The molecule has 0 radical (unpaired) electrons. The van der Waals surface area contributed by atoms with Gasteiger partial charge < -0.3 is 10.2 Å². The summed E-state index contributed by atoms with van der Waals surface area (Å²) in [5, 5.41) is 3.20. The fourth-order valence-electron chi connectivity index (χ4n) is 4.00. The number of benzene rings is 3. The number of para-hydroxylation sites is 1. The van der Waals surface area contributed by atoms with Crippen LogP contribution in [0.2, 0.25) is 5.02 Å². The molecule has 0 aliphatic heterocycles. The van der Waals surface area contributed by atoms with Crippen molar-refractivity contribution in [2.75, 3.05) is 17.4 Å². The zero-order valence-corrected chi connectivity index (χ0v) is 22.8. The number of rotatable bonds is 11. The fourth-order valence-corrected chi connectivity index (χ4v) is 5.67. The first-order valence-electron chi connectivity index (χ1n) is 12.2. The van der Waals surface area contributed by atoms with Crippen molar-refractivity contribution in [1.29, 1.82) is 0 Å². The maximum Gasteiger partial charge on any atom is 0.264 e. The number of halogens is 1. The highest BCUT2D eigenvalue weighted by molar-refractivity contribution is 7.92. The minimum Gasteiger partial charge on any atom is -0.355 e. The molecule has 7 nitrogen and oxygen atoms in total. The molecule has 0 aliphatic rings. The standard InChI is InChI=1S/C28H32ClN3O4S/c1-4-22-13-10-12-18-26(22)32(37(35,36)24-15-7-6-8-16-24)20-27(33)31(21(3)28(34)30-5-2)19-23-14-9-11-17-25(23)29/h6-18,21H,4-5,19-20H2,1-3H3,(H,30,34). The number of nitrogens with zero attached hydrogens (tertiary/aromatic N) is 2. The van der Waals surface area contributed by atoms with Gasteiger partial charge in [0.2, 0.25) is 11.8 Å². The van der Waals surface area contributed by atoms with E-state index in [0.29, 0.717) is 29.2 Å². The van der Waals surface area contributed by atoms with E-state index in [1.54, 1.807) is 68.4 Å². The van der Waals surface area contributed by atoms with E-state index in [4.69, 9.17) is 11.6 Å². The highest BCUT2D eigenvalue weighted by Crippen LogP contribution is 2.28. The lowest BCUT2D eigenvalue weighted by Gasteiger charge is -2.32. The van der Waals surface area contributed by atoms with E-state index in [2.05, 4.69) is 5.32 Å². The maximum atomic E-state index is 13.9. The van der Waals surface area contributed by atoms with Gasteiger partial charge >= 0.3 is 0 Å². The van der Waals surface area contributed by atoms with Crippen LogP contribution in [0.3, 0.4) is 0 Å². The van der Waals surface area contributed by atoms with Gasteiger partial charge in [0.25, 0.3) is 10.0 Å². The molecule has 2 amide bonds. The molecule has 1 N–H and O–H groups in total. The molecule has 9 heteroatoms. The van der Waals surface area contributed by atoms with Crippen molar-refractivity contribution < 1.29 is 18.0 Å². The Morgan fingerprint density at radius 1 is 0.892 bits per heavy atom. The summed E-state index contributed by atoms with van der Waals surface area (Å²) < 4.78 is 28.8. The van der Waals surface area contributed by atoms with Gasteiger partial charge in [0.15, 0.2) is 0 Å². The zero-order valence-electron chi connectivity index (χ0n) is 21.2. The molecule has 0 aromatic heterocycles. The van der Waals surface area contributed by atoms with Crippen LogP contribution in [-0.4, -0.2) is 44.3 Å². The molecule has 1 unspecified atom stereocenters. The summed E-state index contributed by atoms with van der Waals surface area (Å²) in [6.07, 6.45) is 0.573. The number of aryl methyl sites for hydroxylation is 1. The molecule has 196 valence electrons. The van der Waals surface area contributed by atoms with Crippen molar-refractivity contribution in [2.45, 2.75) is 44.7 Å². The second kappa shape index (κ2) is 12.7. The molecular weight excluding hydrogens is 510 g/mol. The van der Waals surface area contributed by atoms with E-state index in [1.807, 2.05) is 19.1 Å². The molecule has 3 aromatic carbocycles. The molecular formula is C28H32ClN3O4S. The van der Waals surface area contributed by atoms with Crippen LogP contribution in [0.5, 0.6) is 0 Å². The highest BCUT2D eigenvalue weighted by atomic mass is 35.5. The first kappa shape index (κ1) is 28.2. The predicted octanol–water partition coefficient (Wildman–Crippen LogP) is 4.65. The molecule has 0 heterocycles. The first-order valence-corrected chi connectivity index (χ1v) is 14.0. The Bertz CT molecular complexity index is 1330. The van der Waals surface area contributed by atoms with E-state index in [9.17, 15) is 18.0 Å². The Labute approximate surface area is 224 Å². The van der Waals surface area contributed by atoms with Crippen molar-refractivity contribution in [3.63, 3.8) is 0 Å². The summed E-state index contributed by atoms with van der Waals surface area (Å²) in [6.45, 7) is 5.30. The second-order valence-electron chi connectivity index (χ2n) is 8.49. The summed E-state index contributed by atoms with van der Waals surface area (Å²) in [5.41, 5.74) is 1.86. The van der Waals surface area contributed by atoms with Gasteiger partial charge in [0.1, 0.15) is 12.6 Å². The lowest BCUT2D eigenvalue weighted by atomic mass is 10.1. The van der Waals surface area contributed by atoms with Crippen molar-refractivity contribution in [3.05, 3.63) is 95.0 Å². The van der Waals surface area contributed by atoms with Crippen molar-refractivity contribution in [2.24, 2.45) is 0 Å². The number of hydrogen-bond donors (Lipinski definition) is 1. The number of likely N-dealkylation sites (N-methyl/N-ethyl adjacent to an activating group) is 1. The van der Waals surface area contributed by atoms with Gasteiger partial charge in [-0.25, -0.2) is 8.42 Å². The third-order valence-corrected chi connectivity index (χ3v) is 8.21. The van der Waals surface area contributed by atoms with Crippen molar-refractivity contribution in [3.8, 4) is 0 Å². The van der Waals surface area contributed by atoms with Gasteiger partial charge in [-0.05, 0) is 55.7 Å². The maximum absolute atomic E-state index is 13.9.